The molecule has 1 rings (SSSR count). The Morgan fingerprint density at radius 2 is 1.53 bits per heavy atom. The number of esters is 2. The Hall–Kier alpha value is -1.06. The van der Waals surface area contributed by atoms with Crippen LogP contribution in [0.1, 0.15) is 39.5 Å². The normalized spacial score (nSPS) is 24.5. The predicted molar refractivity (Wildman–Crippen MR) is 63.3 cm³/mol. The molecule has 0 aromatic heterocycles. The molecule has 0 aromatic rings. The second-order valence-corrected chi connectivity index (χ2v) is 5.10. The monoisotopic (exact) mass is 242 g/mol. The molecule has 17 heavy (non-hydrogen) atoms. The van der Waals surface area contributed by atoms with Gasteiger partial charge in [0.1, 0.15) is 0 Å². The van der Waals surface area contributed by atoms with Gasteiger partial charge in [-0.3, -0.25) is 9.59 Å². The van der Waals surface area contributed by atoms with Crippen molar-refractivity contribution in [1.29, 1.82) is 0 Å². The molecule has 4 heteroatoms. The molecule has 0 bridgehead atoms. The number of hydrogen-bond donors (Lipinski definition) is 0. The lowest BCUT2D eigenvalue weighted by molar-refractivity contribution is -0.154. The second kappa shape index (κ2) is 6.62. The minimum Gasteiger partial charge on any atom is -0.469 e. The highest BCUT2D eigenvalue weighted by molar-refractivity contribution is 5.75. The van der Waals surface area contributed by atoms with Crippen LogP contribution in [-0.4, -0.2) is 25.7 Å². The van der Waals surface area contributed by atoms with Crippen molar-refractivity contribution in [2.45, 2.75) is 39.5 Å². The van der Waals surface area contributed by atoms with Crippen LogP contribution in [0.3, 0.4) is 0 Å². The van der Waals surface area contributed by atoms with E-state index in [9.17, 15) is 9.59 Å². The largest absolute Gasteiger partial charge is 0.469 e. The van der Waals surface area contributed by atoms with Gasteiger partial charge in [0, 0.05) is 0 Å². The maximum atomic E-state index is 11.7. The Bertz CT molecular complexity index is 265. The Kier molecular flexibility index (Phi) is 5.45. The van der Waals surface area contributed by atoms with Gasteiger partial charge in [-0.15, -0.1) is 0 Å². The Morgan fingerprint density at radius 3 is 1.94 bits per heavy atom. The van der Waals surface area contributed by atoms with Crippen molar-refractivity contribution < 1.29 is 19.1 Å². The number of carbonyl (C=O) groups is 2. The predicted octanol–water partition coefficient (Wildman–Crippen LogP) is 2.17. The van der Waals surface area contributed by atoms with Gasteiger partial charge >= 0.3 is 11.9 Å². The first-order valence-corrected chi connectivity index (χ1v) is 6.29. The third-order valence-corrected chi connectivity index (χ3v) is 3.15. The van der Waals surface area contributed by atoms with E-state index in [1.165, 1.54) is 7.11 Å². The van der Waals surface area contributed by atoms with Gasteiger partial charge in [-0.1, -0.05) is 13.8 Å². The summed E-state index contributed by atoms with van der Waals surface area (Å²) in [4.78, 5) is 23.0. The lowest BCUT2D eigenvalue weighted by Gasteiger charge is -2.25. The molecule has 1 aliphatic carbocycles. The number of methoxy groups -OCH3 is 1. The second-order valence-electron chi connectivity index (χ2n) is 5.10. The fourth-order valence-corrected chi connectivity index (χ4v) is 2.10. The Morgan fingerprint density at radius 1 is 1.06 bits per heavy atom. The van der Waals surface area contributed by atoms with Crippen LogP contribution in [0, 0.1) is 17.8 Å². The van der Waals surface area contributed by atoms with E-state index in [-0.39, 0.29) is 23.8 Å². The smallest absolute Gasteiger partial charge is 0.308 e. The van der Waals surface area contributed by atoms with E-state index in [2.05, 4.69) is 0 Å². The number of carbonyl (C=O) groups excluding carboxylic acids is 2. The first-order valence-electron chi connectivity index (χ1n) is 6.29. The number of hydrogen-bond acceptors (Lipinski definition) is 4. The van der Waals surface area contributed by atoms with Gasteiger partial charge in [0.15, 0.2) is 0 Å². The molecule has 0 atom stereocenters. The molecule has 0 heterocycles. The van der Waals surface area contributed by atoms with E-state index in [4.69, 9.17) is 9.47 Å². The standard InChI is InChI=1S/C13H22O4/c1-9(2)8-17-13(15)11-6-4-10(5-7-11)12(14)16-3/h9-11H,4-8H2,1-3H3. The minimum atomic E-state index is -0.154. The summed E-state index contributed by atoms with van der Waals surface area (Å²) in [5.74, 6) is 0.0372. The summed E-state index contributed by atoms with van der Waals surface area (Å²) in [6.07, 6.45) is 2.93. The zero-order chi connectivity index (χ0) is 12.8. The summed E-state index contributed by atoms with van der Waals surface area (Å²) >= 11 is 0. The van der Waals surface area contributed by atoms with Crippen LogP contribution in [0.25, 0.3) is 0 Å². The van der Waals surface area contributed by atoms with E-state index in [1.54, 1.807) is 0 Å². The molecule has 0 unspecified atom stereocenters. The lowest BCUT2D eigenvalue weighted by atomic mass is 9.82. The van der Waals surface area contributed by atoms with Gasteiger partial charge in [-0.05, 0) is 31.6 Å². The molecule has 98 valence electrons. The topological polar surface area (TPSA) is 52.6 Å². The van der Waals surface area contributed by atoms with Crippen LogP contribution in [0.2, 0.25) is 0 Å². The molecule has 4 nitrogen and oxygen atoms in total. The van der Waals surface area contributed by atoms with Crippen molar-refractivity contribution in [2.24, 2.45) is 17.8 Å². The molecule has 0 saturated heterocycles. The van der Waals surface area contributed by atoms with E-state index >= 15 is 0 Å². The van der Waals surface area contributed by atoms with E-state index in [1.807, 2.05) is 13.8 Å². The van der Waals surface area contributed by atoms with Gasteiger partial charge in [0.2, 0.25) is 0 Å². The summed E-state index contributed by atoms with van der Waals surface area (Å²) in [5, 5.41) is 0. The highest BCUT2D eigenvalue weighted by atomic mass is 16.5. The maximum absolute atomic E-state index is 11.7. The molecule has 0 aliphatic heterocycles. The SMILES string of the molecule is COC(=O)C1CCC(C(=O)OCC(C)C)CC1. The highest BCUT2D eigenvalue weighted by Gasteiger charge is 2.31. The zero-order valence-electron chi connectivity index (χ0n) is 10.9. The average molecular weight is 242 g/mol. The van der Waals surface area contributed by atoms with Gasteiger partial charge in [0.05, 0.1) is 25.6 Å². The van der Waals surface area contributed by atoms with Crippen molar-refractivity contribution in [2.75, 3.05) is 13.7 Å². The minimum absolute atomic E-state index is 0.0327. The van der Waals surface area contributed by atoms with Gasteiger partial charge < -0.3 is 9.47 Å². The summed E-state index contributed by atoms with van der Waals surface area (Å²) in [6, 6.07) is 0. The lowest BCUT2D eigenvalue weighted by Crippen LogP contribution is -2.28. The first kappa shape index (κ1) is 14.0. The molecule has 0 aromatic carbocycles. The van der Waals surface area contributed by atoms with Crippen molar-refractivity contribution in [3.05, 3.63) is 0 Å². The maximum Gasteiger partial charge on any atom is 0.308 e. The van der Waals surface area contributed by atoms with Gasteiger partial charge in [0.25, 0.3) is 0 Å². The van der Waals surface area contributed by atoms with E-state index in [0.717, 1.165) is 25.7 Å². The molecular weight excluding hydrogens is 220 g/mol. The van der Waals surface area contributed by atoms with Crippen molar-refractivity contribution in [3.8, 4) is 0 Å². The third-order valence-electron chi connectivity index (χ3n) is 3.15. The van der Waals surface area contributed by atoms with Crippen molar-refractivity contribution in [1.82, 2.24) is 0 Å². The van der Waals surface area contributed by atoms with Crippen LogP contribution in [0.5, 0.6) is 0 Å². The Balaban J connectivity index is 2.31. The van der Waals surface area contributed by atoms with Crippen LogP contribution < -0.4 is 0 Å². The van der Waals surface area contributed by atoms with E-state index < -0.39 is 0 Å². The number of rotatable bonds is 4. The molecule has 1 aliphatic rings. The van der Waals surface area contributed by atoms with Crippen LogP contribution in [0.4, 0.5) is 0 Å². The Labute approximate surface area is 103 Å². The molecule has 0 spiro atoms. The first-order chi connectivity index (χ1) is 8.04. The summed E-state index contributed by atoms with van der Waals surface area (Å²) in [6.45, 7) is 4.51. The molecule has 0 amide bonds. The van der Waals surface area contributed by atoms with Gasteiger partial charge in [-0.2, -0.15) is 0 Å². The van der Waals surface area contributed by atoms with Gasteiger partial charge in [-0.25, -0.2) is 0 Å². The average Bonchev–Trinajstić information content (AvgIpc) is 2.35. The van der Waals surface area contributed by atoms with Crippen LogP contribution in [-0.2, 0) is 19.1 Å². The molecule has 0 radical (unpaired) electrons. The fraction of sp³-hybridized carbons (Fsp3) is 0.846. The molecule has 0 N–H and O–H groups in total. The highest BCUT2D eigenvalue weighted by Crippen LogP contribution is 2.30. The zero-order valence-corrected chi connectivity index (χ0v) is 10.9. The summed E-state index contributed by atoms with van der Waals surface area (Å²) < 4.78 is 9.92. The van der Waals surface area contributed by atoms with Crippen molar-refractivity contribution >= 4 is 11.9 Å². The molecule has 1 fully saturated rings. The number of ether oxygens (including phenoxy) is 2. The van der Waals surface area contributed by atoms with E-state index in [0.29, 0.717) is 12.5 Å². The summed E-state index contributed by atoms with van der Waals surface area (Å²) in [7, 11) is 1.41. The van der Waals surface area contributed by atoms with Crippen LogP contribution >= 0.6 is 0 Å². The molecule has 1 saturated carbocycles. The van der Waals surface area contributed by atoms with Crippen LogP contribution in [0.15, 0.2) is 0 Å². The summed E-state index contributed by atoms with van der Waals surface area (Å²) in [5.41, 5.74) is 0. The quantitative estimate of drug-likeness (QED) is 0.709. The fourth-order valence-electron chi connectivity index (χ4n) is 2.10. The van der Waals surface area contributed by atoms with Crippen molar-refractivity contribution in [3.63, 3.8) is 0 Å². The molecular formula is C13H22O4. The third kappa shape index (κ3) is 4.36.